The molecule has 0 radical (unpaired) electrons. The monoisotopic (exact) mass is 785 g/mol. The summed E-state index contributed by atoms with van der Waals surface area (Å²) in [5, 5.41) is -0.482. The van der Waals surface area contributed by atoms with E-state index >= 15 is 0 Å². The molecule has 1 fully saturated rings. The van der Waals surface area contributed by atoms with Crippen molar-refractivity contribution in [2.45, 2.75) is 25.2 Å². The Morgan fingerprint density at radius 2 is 1.45 bits per heavy atom. The summed E-state index contributed by atoms with van der Waals surface area (Å²) in [5.74, 6) is -0.967. The standard InChI is InChI=1S/C35H48NO15PS/c1-3-43-27-33(38)48-26-28-9-11-30(12-10-28)51-52(41,50-22-20-47-35(40)29-7-5-4-6-8-29)49-21-19-44-14-13-36-32(37)25-31(34(36)39)53-24-23-46-18-17-45-16-15-42-2/h4-12,31H,3,13-27H2,1-2H3. The lowest BCUT2D eigenvalue weighted by Crippen LogP contribution is -2.34. The van der Waals surface area contributed by atoms with Crippen LogP contribution in [-0.2, 0) is 67.8 Å². The van der Waals surface area contributed by atoms with Gasteiger partial charge in [0.2, 0.25) is 11.8 Å². The molecule has 2 amide bonds. The first-order chi connectivity index (χ1) is 25.7. The van der Waals surface area contributed by atoms with E-state index in [2.05, 4.69) is 0 Å². The average molecular weight is 786 g/mol. The van der Waals surface area contributed by atoms with E-state index in [9.17, 15) is 23.7 Å². The Labute approximate surface area is 313 Å². The predicted octanol–water partition coefficient (Wildman–Crippen LogP) is 3.70. The maximum Gasteiger partial charge on any atom is 0.530 e. The third-order valence-electron chi connectivity index (χ3n) is 7.03. The zero-order valence-electron chi connectivity index (χ0n) is 30.0. The molecular formula is C35H48NO15PS. The van der Waals surface area contributed by atoms with Crippen molar-refractivity contribution in [1.29, 1.82) is 0 Å². The van der Waals surface area contributed by atoms with E-state index in [-0.39, 0.29) is 76.8 Å². The highest BCUT2D eigenvalue weighted by atomic mass is 32.2. The Morgan fingerprint density at radius 3 is 2.17 bits per heavy atom. The predicted molar refractivity (Wildman–Crippen MR) is 192 cm³/mol. The Kier molecular flexibility index (Phi) is 21.3. The van der Waals surface area contributed by atoms with E-state index < -0.39 is 25.0 Å². The molecule has 0 saturated carbocycles. The number of methoxy groups -OCH3 is 1. The zero-order valence-corrected chi connectivity index (χ0v) is 31.7. The molecule has 1 aliphatic heterocycles. The number of phosphoric acid groups is 1. The first kappa shape index (κ1) is 44.0. The number of imide groups is 1. The van der Waals surface area contributed by atoms with E-state index in [0.717, 1.165) is 0 Å². The SMILES string of the molecule is CCOCC(=O)OCc1ccc(OP(=O)(OCCOCCN2C(=O)CC(SCCOCCOCCOC)C2=O)OCCOC(=O)c2ccccc2)cc1. The molecule has 294 valence electrons. The molecule has 53 heavy (non-hydrogen) atoms. The van der Waals surface area contributed by atoms with Crippen LogP contribution in [0.5, 0.6) is 5.75 Å². The summed E-state index contributed by atoms with van der Waals surface area (Å²) in [7, 11) is -2.67. The molecule has 2 aromatic rings. The first-order valence-electron chi connectivity index (χ1n) is 17.1. The normalized spacial score (nSPS) is 15.4. The summed E-state index contributed by atoms with van der Waals surface area (Å²) in [4.78, 5) is 50.4. The number of esters is 2. The molecule has 0 spiro atoms. The Morgan fingerprint density at radius 1 is 0.792 bits per heavy atom. The molecule has 16 nitrogen and oxygen atoms in total. The van der Waals surface area contributed by atoms with Gasteiger partial charge >= 0.3 is 19.8 Å². The third kappa shape index (κ3) is 17.5. The van der Waals surface area contributed by atoms with Crippen molar-refractivity contribution in [3.05, 3.63) is 65.7 Å². The van der Waals surface area contributed by atoms with Gasteiger partial charge in [-0.05, 0) is 36.8 Å². The second-order valence-electron chi connectivity index (χ2n) is 10.9. The topological polar surface area (TPSA) is 181 Å². The minimum Gasteiger partial charge on any atom is -0.460 e. The molecule has 3 rings (SSSR count). The average Bonchev–Trinajstić information content (AvgIpc) is 3.43. The fraction of sp³-hybridized carbons (Fsp3) is 0.543. The number of hydrogen-bond acceptors (Lipinski definition) is 16. The lowest BCUT2D eigenvalue weighted by Gasteiger charge is -2.19. The molecule has 2 atom stereocenters. The van der Waals surface area contributed by atoms with Crippen LogP contribution in [0, 0.1) is 0 Å². The summed E-state index contributed by atoms with van der Waals surface area (Å²) >= 11 is 1.37. The van der Waals surface area contributed by atoms with Gasteiger partial charge in [-0.25, -0.2) is 14.2 Å². The number of amides is 2. The minimum atomic E-state index is -4.27. The van der Waals surface area contributed by atoms with Crippen molar-refractivity contribution in [2.24, 2.45) is 0 Å². The number of rotatable bonds is 29. The largest absolute Gasteiger partial charge is 0.530 e. The summed E-state index contributed by atoms with van der Waals surface area (Å²) < 4.78 is 66.8. The molecule has 18 heteroatoms. The molecule has 1 heterocycles. The number of nitrogens with zero attached hydrogens (tertiary/aromatic N) is 1. The summed E-state index contributed by atoms with van der Waals surface area (Å²) in [6, 6.07) is 14.6. The van der Waals surface area contributed by atoms with E-state index in [1.807, 2.05) is 0 Å². The van der Waals surface area contributed by atoms with Gasteiger partial charge < -0.3 is 37.7 Å². The third-order valence-corrected chi connectivity index (χ3v) is 9.63. The van der Waals surface area contributed by atoms with Crippen LogP contribution >= 0.6 is 19.6 Å². The lowest BCUT2D eigenvalue weighted by atomic mass is 10.2. The van der Waals surface area contributed by atoms with Gasteiger partial charge in [-0.2, -0.15) is 0 Å². The number of ether oxygens (including phenoxy) is 7. The minimum absolute atomic E-state index is 0.00341. The van der Waals surface area contributed by atoms with Crippen LogP contribution in [0.25, 0.3) is 0 Å². The summed E-state index contributed by atoms with van der Waals surface area (Å²) in [6.45, 7) is 3.55. The molecule has 0 aromatic heterocycles. The van der Waals surface area contributed by atoms with Gasteiger partial charge in [0.05, 0.1) is 76.8 Å². The number of hydrogen-bond donors (Lipinski definition) is 0. The van der Waals surface area contributed by atoms with Crippen LogP contribution in [0.4, 0.5) is 0 Å². The quantitative estimate of drug-likeness (QED) is 0.0504. The van der Waals surface area contributed by atoms with Gasteiger partial charge in [0.1, 0.15) is 25.6 Å². The van der Waals surface area contributed by atoms with Crippen molar-refractivity contribution in [3.8, 4) is 5.75 Å². The maximum absolute atomic E-state index is 13.6. The molecular weight excluding hydrogens is 737 g/mol. The maximum atomic E-state index is 13.6. The first-order valence-corrected chi connectivity index (χ1v) is 19.6. The smallest absolute Gasteiger partial charge is 0.460 e. The number of phosphoric ester groups is 1. The van der Waals surface area contributed by atoms with Crippen molar-refractivity contribution < 1.29 is 70.5 Å². The second kappa shape index (κ2) is 25.6. The molecule has 2 aromatic carbocycles. The van der Waals surface area contributed by atoms with Gasteiger partial charge in [0.15, 0.2) is 0 Å². The second-order valence-corrected chi connectivity index (χ2v) is 13.8. The fourth-order valence-electron chi connectivity index (χ4n) is 4.39. The van der Waals surface area contributed by atoms with Gasteiger partial charge in [-0.1, -0.05) is 30.3 Å². The number of likely N-dealkylation sites (tertiary alicyclic amines) is 1. The molecule has 1 aliphatic rings. The summed E-state index contributed by atoms with van der Waals surface area (Å²) in [5.41, 5.74) is 0.987. The number of carbonyl (C=O) groups excluding carboxylic acids is 4. The lowest BCUT2D eigenvalue weighted by molar-refractivity contribution is -0.150. The number of thioether (sulfide) groups is 1. The van der Waals surface area contributed by atoms with Crippen LogP contribution in [0.1, 0.15) is 29.3 Å². The van der Waals surface area contributed by atoms with E-state index in [1.165, 1.54) is 28.8 Å². The van der Waals surface area contributed by atoms with Crippen LogP contribution in [0.15, 0.2) is 54.6 Å². The summed E-state index contributed by atoms with van der Waals surface area (Å²) in [6.07, 6.45) is 0.102. The van der Waals surface area contributed by atoms with E-state index in [4.69, 9.17) is 46.7 Å². The Balaban J connectivity index is 1.42. The molecule has 2 unspecified atom stereocenters. The van der Waals surface area contributed by atoms with Crippen LogP contribution in [0.3, 0.4) is 0 Å². The van der Waals surface area contributed by atoms with Gasteiger partial charge in [-0.3, -0.25) is 23.5 Å². The van der Waals surface area contributed by atoms with Crippen molar-refractivity contribution in [2.75, 3.05) is 98.7 Å². The van der Waals surface area contributed by atoms with Crippen LogP contribution in [0.2, 0.25) is 0 Å². The highest BCUT2D eigenvalue weighted by molar-refractivity contribution is 8.00. The molecule has 0 aliphatic carbocycles. The molecule has 1 saturated heterocycles. The van der Waals surface area contributed by atoms with Crippen molar-refractivity contribution in [1.82, 2.24) is 4.90 Å². The van der Waals surface area contributed by atoms with Crippen LogP contribution in [-0.4, -0.2) is 133 Å². The molecule has 0 N–H and O–H groups in total. The number of carbonyl (C=O) groups is 4. The van der Waals surface area contributed by atoms with E-state index in [1.54, 1.807) is 56.5 Å². The van der Waals surface area contributed by atoms with Crippen molar-refractivity contribution in [3.63, 3.8) is 0 Å². The Bertz CT molecular complexity index is 1430. The zero-order chi connectivity index (χ0) is 38.2. The fourth-order valence-corrected chi connectivity index (χ4v) is 6.58. The van der Waals surface area contributed by atoms with Gasteiger partial charge in [-0.15, -0.1) is 11.8 Å². The van der Waals surface area contributed by atoms with Gasteiger partial charge in [0, 0.05) is 25.9 Å². The highest BCUT2D eigenvalue weighted by Gasteiger charge is 2.38. The van der Waals surface area contributed by atoms with E-state index in [0.29, 0.717) is 56.5 Å². The van der Waals surface area contributed by atoms with Crippen molar-refractivity contribution >= 4 is 43.3 Å². The Hall–Kier alpha value is -3.38. The number of benzene rings is 2. The van der Waals surface area contributed by atoms with Crippen LogP contribution < -0.4 is 4.52 Å². The van der Waals surface area contributed by atoms with Gasteiger partial charge in [0.25, 0.3) is 0 Å². The highest BCUT2D eigenvalue weighted by Crippen LogP contribution is 2.49. The molecule has 0 bridgehead atoms.